The Morgan fingerprint density at radius 3 is 3.00 bits per heavy atom. The zero-order valence-corrected chi connectivity index (χ0v) is 14.2. The molecule has 0 aliphatic heterocycles. The van der Waals surface area contributed by atoms with E-state index < -0.39 is 0 Å². The van der Waals surface area contributed by atoms with Crippen LogP contribution in [0, 0.1) is 6.92 Å². The van der Waals surface area contributed by atoms with Gasteiger partial charge >= 0.3 is 0 Å². The van der Waals surface area contributed by atoms with Gasteiger partial charge in [0.25, 0.3) is 5.91 Å². The number of hydrogen-bond donors (Lipinski definition) is 3. The zero-order chi connectivity index (χ0) is 17.2. The van der Waals surface area contributed by atoms with E-state index in [0.29, 0.717) is 5.69 Å². The first-order valence-corrected chi connectivity index (χ1v) is 8.54. The molecule has 124 valence electrons. The van der Waals surface area contributed by atoms with E-state index in [1.54, 1.807) is 23.6 Å². The lowest BCUT2D eigenvalue weighted by molar-refractivity contribution is 0.0950. The standard InChI is InChI=1S/C18H15N5OS/c1-11-6-7-17(25-11)15-8-16(22-21-15)18(24)23-20-10-12-9-19-14-5-3-2-4-13(12)14/h2-10,19H,1H3,(H,21,22)(H,23,24). The Bertz CT molecular complexity index is 1070. The number of hydrogen-bond acceptors (Lipinski definition) is 4. The van der Waals surface area contributed by atoms with Crippen LogP contribution in [0.5, 0.6) is 0 Å². The quantitative estimate of drug-likeness (QED) is 0.388. The number of para-hydroxylation sites is 1. The summed E-state index contributed by atoms with van der Waals surface area (Å²) in [5.41, 5.74) is 5.57. The second-order valence-corrected chi connectivity index (χ2v) is 6.85. The van der Waals surface area contributed by atoms with Crippen LogP contribution in [0.4, 0.5) is 0 Å². The molecule has 0 unspecified atom stereocenters. The van der Waals surface area contributed by atoms with Crippen LogP contribution in [-0.4, -0.2) is 27.3 Å². The predicted molar refractivity (Wildman–Crippen MR) is 100.0 cm³/mol. The Labute approximate surface area is 147 Å². The number of rotatable bonds is 4. The van der Waals surface area contributed by atoms with Crippen LogP contribution in [0.1, 0.15) is 20.9 Å². The average Bonchev–Trinajstić information content (AvgIpc) is 3.34. The molecule has 3 aromatic heterocycles. The van der Waals surface area contributed by atoms with Crippen LogP contribution in [0.25, 0.3) is 21.5 Å². The van der Waals surface area contributed by atoms with Gasteiger partial charge in [0.15, 0.2) is 5.69 Å². The van der Waals surface area contributed by atoms with Crippen molar-refractivity contribution in [2.24, 2.45) is 5.10 Å². The Morgan fingerprint density at radius 1 is 1.28 bits per heavy atom. The minimum Gasteiger partial charge on any atom is -0.361 e. The highest BCUT2D eigenvalue weighted by atomic mass is 32.1. The predicted octanol–water partition coefficient (Wildman–Crippen LogP) is 3.69. The SMILES string of the molecule is Cc1ccc(-c2cc(C(=O)NN=Cc3c[nH]c4ccccc34)n[nH]2)s1. The molecular weight excluding hydrogens is 334 g/mol. The van der Waals surface area contributed by atoms with Crippen molar-refractivity contribution in [2.45, 2.75) is 6.92 Å². The van der Waals surface area contributed by atoms with E-state index in [1.165, 1.54) is 4.88 Å². The maximum atomic E-state index is 12.2. The van der Waals surface area contributed by atoms with Gasteiger partial charge < -0.3 is 4.98 Å². The number of thiophene rings is 1. The highest BCUT2D eigenvalue weighted by molar-refractivity contribution is 7.15. The highest BCUT2D eigenvalue weighted by Gasteiger charge is 2.11. The van der Waals surface area contributed by atoms with Crippen molar-refractivity contribution in [2.75, 3.05) is 0 Å². The lowest BCUT2D eigenvalue weighted by atomic mass is 10.2. The number of aryl methyl sites for hydroxylation is 1. The Kier molecular flexibility index (Phi) is 3.91. The number of benzene rings is 1. The molecular formula is C18H15N5OS. The molecule has 0 fully saturated rings. The maximum absolute atomic E-state index is 12.2. The number of H-pyrrole nitrogens is 2. The molecule has 0 radical (unpaired) electrons. The number of nitrogens with one attached hydrogen (secondary N) is 3. The summed E-state index contributed by atoms with van der Waals surface area (Å²) >= 11 is 1.65. The van der Waals surface area contributed by atoms with Gasteiger partial charge in [-0.15, -0.1) is 11.3 Å². The van der Waals surface area contributed by atoms with E-state index in [9.17, 15) is 4.79 Å². The zero-order valence-electron chi connectivity index (χ0n) is 13.4. The third-order valence-electron chi connectivity index (χ3n) is 3.81. The number of amides is 1. The number of nitrogens with zero attached hydrogens (tertiary/aromatic N) is 2. The van der Waals surface area contributed by atoms with Crippen molar-refractivity contribution in [3.05, 3.63) is 64.8 Å². The monoisotopic (exact) mass is 349 g/mol. The lowest BCUT2D eigenvalue weighted by Crippen LogP contribution is -2.17. The van der Waals surface area contributed by atoms with E-state index in [-0.39, 0.29) is 5.91 Å². The summed E-state index contributed by atoms with van der Waals surface area (Å²) in [4.78, 5) is 17.6. The van der Waals surface area contributed by atoms with Crippen molar-refractivity contribution in [3.8, 4) is 10.6 Å². The number of fused-ring (bicyclic) bond motifs is 1. The molecule has 3 heterocycles. The van der Waals surface area contributed by atoms with Gasteiger partial charge in [0.2, 0.25) is 0 Å². The molecule has 25 heavy (non-hydrogen) atoms. The molecule has 4 aromatic rings. The van der Waals surface area contributed by atoms with Crippen LogP contribution in [0.2, 0.25) is 0 Å². The summed E-state index contributed by atoms with van der Waals surface area (Å²) < 4.78 is 0. The Morgan fingerprint density at radius 2 is 2.16 bits per heavy atom. The first kappa shape index (κ1) is 15.3. The highest BCUT2D eigenvalue weighted by Crippen LogP contribution is 2.26. The van der Waals surface area contributed by atoms with Gasteiger partial charge in [-0.3, -0.25) is 9.89 Å². The first-order chi connectivity index (χ1) is 12.2. The molecule has 4 rings (SSSR count). The number of carbonyl (C=O) groups excluding carboxylic acids is 1. The Hall–Kier alpha value is -3.19. The van der Waals surface area contributed by atoms with Crippen LogP contribution in [0.15, 0.2) is 53.8 Å². The number of aromatic amines is 2. The molecule has 0 saturated heterocycles. The number of carbonyl (C=O) groups is 1. The van der Waals surface area contributed by atoms with Crippen molar-refractivity contribution in [1.82, 2.24) is 20.6 Å². The molecule has 0 bridgehead atoms. The van der Waals surface area contributed by atoms with Crippen LogP contribution in [0.3, 0.4) is 0 Å². The van der Waals surface area contributed by atoms with E-state index in [1.807, 2.05) is 49.5 Å². The van der Waals surface area contributed by atoms with E-state index in [4.69, 9.17) is 0 Å². The molecule has 0 aliphatic carbocycles. The van der Waals surface area contributed by atoms with Crippen LogP contribution in [-0.2, 0) is 0 Å². The minimum atomic E-state index is -0.355. The third-order valence-corrected chi connectivity index (χ3v) is 4.84. The third kappa shape index (κ3) is 3.09. The number of aromatic nitrogens is 3. The van der Waals surface area contributed by atoms with Gasteiger partial charge in [-0.2, -0.15) is 10.2 Å². The van der Waals surface area contributed by atoms with E-state index in [0.717, 1.165) is 27.0 Å². The Balaban J connectivity index is 1.46. The summed E-state index contributed by atoms with van der Waals surface area (Å²) in [6, 6.07) is 13.7. The van der Waals surface area contributed by atoms with Crippen LogP contribution >= 0.6 is 11.3 Å². The number of hydrazone groups is 1. The average molecular weight is 349 g/mol. The van der Waals surface area contributed by atoms with E-state index >= 15 is 0 Å². The topological polar surface area (TPSA) is 85.9 Å². The largest absolute Gasteiger partial charge is 0.361 e. The van der Waals surface area contributed by atoms with Crippen molar-refractivity contribution in [1.29, 1.82) is 0 Å². The molecule has 1 amide bonds. The molecule has 0 spiro atoms. The maximum Gasteiger partial charge on any atom is 0.291 e. The van der Waals surface area contributed by atoms with Crippen molar-refractivity contribution in [3.63, 3.8) is 0 Å². The van der Waals surface area contributed by atoms with Gasteiger partial charge in [-0.05, 0) is 31.2 Å². The second kappa shape index (κ2) is 6.37. The summed E-state index contributed by atoms with van der Waals surface area (Å²) in [5.74, 6) is -0.355. The fraction of sp³-hybridized carbons (Fsp3) is 0.0556. The van der Waals surface area contributed by atoms with Gasteiger partial charge in [-0.25, -0.2) is 5.43 Å². The minimum absolute atomic E-state index is 0.303. The van der Waals surface area contributed by atoms with Gasteiger partial charge in [0, 0.05) is 27.5 Å². The summed E-state index contributed by atoms with van der Waals surface area (Å²) in [6.45, 7) is 2.04. The van der Waals surface area contributed by atoms with Crippen LogP contribution < -0.4 is 5.43 Å². The summed E-state index contributed by atoms with van der Waals surface area (Å²) in [5, 5.41) is 12.0. The molecule has 0 aliphatic rings. The molecule has 0 atom stereocenters. The second-order valence-electron chi connectivity index (χ2n) is 5.57. The van der Waals surface area contributed by atoms with Gasteiger partial charge in [-0.1, -0.05) is 18.2 Å². The smallest absolute Gasteiger partial charge is 0.291 e. The fourth-order valence-electron chi connectivity index (χ4n) is 2.56. The van der Waals surface area contributed by atoms with Gasteiger partial charge in [0.1, 0.15) is 0 Å². The summed E-state index contributed by atoms with van der Waals surface area (Å²) in [7, 11) is 0. The fourth-order valence-corrected chi connectivity index (χ4v) is 3.40. The van der Waals surface area contributed by atoms with Gasteiger partial charge in [0.05, 0.1) is 16.8 Å². The molecule has 1 aromatic carbocycles. The normalized spacial score (nSPS) is 11.4. The summed E-state index contributed by atoms with van der Waals surface area (Å²) in [6.07, 6.45) is 3.47. The van der Waals surface area contributed by atoms with Crippen molar-refractivity contribution < 1.29 is 4.79 Å². The molecule has 7 heteroatoms. The lowest BCUT2D eigenvalue weighted by Gasteiger charge is -1.94. The molecule has 0 saturated carbocycles. The molecule has 6 nitrogen and oxygen atoms in total. The van der Waals surface area contributed by atoms with Crippen molar-refractivity contribution >= 4 is 34.4 Å². The van der Waals surface area contributed by atoms with E-state index in [2.05, 4.69) is 25.7 Å². The molecule has 3 N–H and O–H groups in total. The first-order valence-electron chi connectivity index (χ1n) is 7.72.